The predicted octanol–water partition coefficient (Wildman–Crippen LogP) is 3.71. The zero-order chi connectivity index (χ0) is 19.9. The lowest BCUT2D eigenvalue weighted by atomic mass is 10.1. The van der Waals surface area contributed by atoms with E-state index in [0.717, 1.165) is 38.0 Å². The molecule has 1 aliphatic rings. The summed E-state index contributed by atoms with van der Waals surface area (Å²) in [5, 5.41) is 9.98. The number of hydrogen-bond acceptors (Lipinski definition) is 3. The number of nitrogens with one attached hydrogen (secondary N) is 2. The molecule has 2 N–H and O–H groups in total. The average Bonchev–Trinajstić information content (AvgIpc) is 2.94. The highest BCUT2D eigenvalue weighted by molar-refractivity contribution is 5.97. The van der Waals surface area contributed by atoms with Crippen LogP contribution in [0.2, 0.25) is 0 Å². The van der Waals surface area contributed by atoms with Gasteiger partial charge in [-0.2, -0.15) is 5.10 Å². The molecular formula is C21H29N5O2. The van der Waals surface area contributed by atoms with E-state index in [1.807, 2.05) is 24.9 Å². The molecule has 1 aromatic heterocycles. The van der Waals surface area contributed by atoms with Crippen LogP contribution in [0.3, 0.4) is 0 Å². The van der Waals surface area contributed by atoms with Gasteiger partial charge in [0, 0.05) is 37.6 Å². The fourth-order valence-corrected chi connectivity index (χ4v) is 3.62. The Balaban J connectivity index is 1.64. The molecule has 1 aliphatic heterocycles. The summed E-state index contributed by atoms with van der Waals surface area (Å²) < 4.78 is 1.76. The Morgan fingerprint density at radius 1 is 1.14 bits per heavy atom. The van der Waals surface area contributed by atoms with Gasteiger partial charge in [0.2, 0.25) is 0 Å². The number of amides is 3. The largest absolute Gasteiger partial charge is 0.339 e. The Labute approximate surface area is 166 Å². The number of likely N-dealkylation sites (tertiary alicyclic amines) is 1. The van der Waals surface area contributed by atoms with Crippen LogP contribution in [-0.4, -0.2) is 39.7 Å². The second-order valence-electron chi connectivity index (χ2n) is 7.23. The maximum Gasteiger partial charge on any atom is 0.319 e. The van der Waals surface area contributed by atoms with Crippen molar-refractivity contribution in [1.82, 2.24) is 20.0 Å². The molecule has 7 heteroatoms. The van der Waals surface area contributed by atoms with Crippen LogP contribution >= 0.6 is 0 Å². The molecule has 7 nitrogen and oxygen atoms in total. The first-order chi connectivity index (χ1) is 13.6. The van der Waals surface area contributed by atoms with Crippen molar-refractivity contribution in [3.8, 4) is 0 Å². The molecule has 0 saturated carbocycles. The number of aryl methyl sites for hydroxylation is 1. The Hall–Kier alpha value is -2.83. The molecule has 0 unspecified atom stereocenters. The molecule has 0 bridgehead atoms. The van der Waals surface area contributed by atoms with Crippen molar-refractivity contribution in [3.05, 3.63) is 47.8 Å². The standard InChI is InChI=1S/C21H29N5O2/c1-3-18(19-11-12-22-25(19)2)24-21(28)23-17-10-8-9-16(15-17)20(27)26-13-6-4-5-7-14-26/h8-12,15,18H,3-7,13-14H2,1-2H3,(H2,23,24,28)/t18-/m0/s1. The van der Waals surface area contributed by atoms with Crippen molar-refractivity contribution >= 4 is 17.6 Å². The fraction of sp³-hybridized carbons (Fsp3) is 0.476. The number of aromatic nitrogens is 2. The third-order valence-corrected chi connectivity index (χ3v) is 5.19. The first-order valence-electron chi connectivity index (χ1n) is 10.0. The van der Waals surface area contributed by atoms with Gasteiger partial charge in [-0.05, 0) is 43.5 Å². The summed E-state index contributed by atoms with van der Waals surface area (Å²) in [6.45, 7) is 3.62. The van der Waals surface area contributed by atoms with Gasteiger partial charge in [-0.25, -0.2) is 4.79 Å². The van der Waals surface area contributed by atoms with Crippen molar-refractivity contribution in [1.29, 1.82) is 0 Å². The number of benzene rings is 1. The zero-order valence-electron chi connectivity index (χ0n) is 16.6. The number of hydrogen-bond donors (Lipinski definition) is 2. The molecule has 1 fully saturated rings. The number of carbonyl (C=O) groups excluding carboxylic acids is 2. The summed E-state index contributed by atoms with van der Waals surface area (Å²) in [6.07, 6.45) is 6.94. The van der Waals surface area contributed by atoms with Gasteiger partial charge in [0.25, 0.3) is 5.91 Å². The lowest BCUT2D eigenvalue weighted by Gasteiger charge is -2.21. The van der Waals surface area contributed by atoms with Crippen LogP contribution in [0.4, 0.5) is 10.5 Å². The minimum atomic E-state index is -0.299. The van der Waals surface area contributed by atoms with Gasteiger partial charge in [-0.1, -0.05) is 25.8 Å². The zero-order valence-corrected chi connectivity index (χ0v) is 16.6. The van der Waals surface area contributed by atoms with Crippen molar-refractivity contribution in [2.75, 3.05) is 18.4 Å². The Morgan fingerprint density at radius 3 is 2.54 bits per heavy atom. The molecule has 0 aliphatic carbocycles. The maximum atomic E-state index is 12.8. The van der Waals surface area contributed by atoms with Crippen LogP contribution in [0, 0.1) is 0 Å². The summed E-state index contributed by atoms with van der Waals surface area (Å²) in [7, 11) is 1.86. The topological polar surface area (TPSA) is 79.3 Å². The number of nitrogens with zero attached hydrogens (tertiary/aromatic N) is 3. The first-order valence-corrected chi connectivity index (χ1v) is 10.0. The SMILES string of the molecule is CC[C@H](NC(=O)Nc1cccc(C(=O)N2CCCCCC2)c1)c1ccnn1C. The van der Waals surface area contributed by atoms with Crippen LogP contribution in [0.5, 0.6) is 0 Å². The molecular weight excluding hydrogens is 354 g/mol. The monoisotopic (exact) mass is 383 g/mol. The van der Waals surface area contributed by atoms with E-state index >= 15 is 0 Å². The average molecular weight is 383 g/mol. The third-order valence-electron chi connectivity index (χ3n) is 5.19. The van der Waals surface area contributed by atoms with E-state index < -0.39 is 0 Å². The number of rotatable bonds is 5. The number of anilines is 1. The predicted molar refractivity (Wildman–Crippen MR) is 109 cm³/mol. The smallest absolute Gasteiger partial charge is 0.319 e. The van der Waals surface area contributed by atoms with E-state index in [2.05, 4.69) is 15.7 Å². The summed E-state index contributed by atoms with van der Waals surface area (Å²) in [4.78, 5) is 27.2. The highest BCUT2D eigenvalue weighted by Gasteiger charge is 2.19. The van der Waals surface area contributed by atoms with Gasteiger partial charge in [0.1, 0.15) is 0 Å². The molecule has 3 amide bonds. The van der Waals surface area contributed by atoms with Gasteiger partial charge < -0.3 is 15.5 Å². The van der Waals surface area contributed by atoms with E-state index in [9.17, 15) is 9.59 Å². The minimum Gasteiger partial charge on any atom is -0.339 e. The minimum absolute atomic E-state index is 0.0345. The highest BCUT2D eigenvalue weighted by atomic mass is 16.2. The fourth-order valence-electron chi connectivity index (χ4n) is 3.62. The number of carbonyl (C=O) groups is 2. The Bertz CT molecular complexity index is 809. The molecule has 150 valence electrons. The first kappa shape index (κ1) is 19.9. The summed E-state index contributed by atoms with van der Waals surface area (Å²) in [6, 6.07) is 8.62. The van der Waals surface area contributed by atoms with Crippen molar-refractivity contribution in [2.45, 2.75) is 45.1 Å². The lowest BCUT2D eigenvalue weighted by molar-refractivity contribution is 0.0761. The molecule has 2 heterocycles. The Kier molecular flexibility index (Phi) is 6.68. The normalized spacial score (nSPS) is 15.6. The van der Waals surface area contributed by atoms with Gasteiger partial charge >= 0.3 is 6.03 Å². The van der Waals surface area contributed by atoms with Crippen LogP contribution in [-0.2, 0) is 7.05 Å². The molecule has 3 rings (SSSR count). The van der Waals surface area contributed by atoms with E-state index in [4.69, 9.17) is 0 Å². The summed E-state index contributed by atoms with van der Waals surface area (Å²) in [5.41, 5.74) is 2.17. The van der Waals surface area contributed by atoms with Crippen molar-refractivity contribution in [2.24, 2.45) is 7.05 Å². The highest BCUT2D eigenvalue weighted by Crippen LogP contribution is 2.18. The van der Waals surface area contributed by atoms with Crippen LogP contribution in [0.1, 0.15) is 61.1 Å². The van der Waals surface area contributed by atoms with E-state index in [1.54, 1.807) is 35.1 Å². The van der Waals surface area contributed by atoms with Gasteiger partial charge in [-0.15, -0.1) is 0 Å². The second-order valence-corrected chi connectivity index (χ2v) is 7.23. The molecule has 1 saturated heterocycles. The summed E-state index contributed by atoms with van der Waals surface area (Å²) >= 11 is 0. The van der Waals surface area contributed by atoms with Crippen LogP contribution in [0.25, 0.3) is 0 Å². The van der Waals surface area contributed by atoms with Gasteiger partial charge in [0.05, 0.1) is 11.7 Å². The van der Waals surface area contributed by atoms with E-state index in [1.165, 1.54) is 12.8 Å². The van der Waals surface area contributed by atoms with Crippen molar-refractivity contribution in [3.63, 3.8) is 0 Å². The molecule has 2 aromatic rings. The van der Waals surface area contributed by atoms with E-state index in [0.29, 0.717) is 11.3 Å². The van der Waals surface area contributed by atoms with Crippen LogP contribution < -0.4 is 10.6 Å². The van der Waals surface area contributed by atoms with Crippen molar-refractivity contribution < 1.29 is 9.59 Å². The van der Waals surface area contributed by atoms with Gasteiger partial charge in [-0.3, -0.25) is 9.48 Å². The second kappa shape index (κ2) is 9.39. The molecule has 0 spiro atoms. The molecule has 28 heavy (non-hydrogen) atoms. The quantitative estimate of drug-likeness (QED) is 0.826. The molecule has 1 aromatic carbocycles. The van der Waals surface area contributed by atoms with E-state index in [-0.39, 0.29) is 18.0 Å². The van der Waals surface area contributed by atoms with Crippen LogP contribution in [0.15, 0.2) is 36.5 Å². The number of urea groups is 1. The maximum absolute atomic E-state index is 12.8. The Morgan fingerprint density at radius 2 is 1.89 bits per heavy atom. The third kappa shape index (κ3) is 4.91. The molecule has 1 atom stereocenters. The summed E-state index contributed by atoms with van der Waals surface area (Å²) in [5.74, 6) is 0.0345. The van der Waals surface area contributed by atoms with Gasteiger partial charge in [0.15, 0.2) is 0 Å². The molecule has 0 radical (unpaired) electrons. The lowest BCUT2D eigenvalue weighted by Crippen LogP contribution is -2.33.